The van der Waals surface area contributed by atoms with E-state index in [9.17, 15) is 23.1 Å². The van der Waals surface area contributed by atoms with Crippen molar-refractivity contribution in [2.75, 3.05) is 13.1 Å². The zero-order valence-electron chi connectivity index (χ0n) is 11.6. The van der Waals surface area contributed by atoms with E-state index >= 15 is 0 Å². The van der Waals surface area contributed by atoms with Gasteiger partial charge in [-0.3, -0.25) is 4.79 Å². The molecule has 2 rings (SSSR count). The zero-order valence-corrected chi connectivity index (χ0v) is 11.6. The third kappa shape index (κ3) is 4.45. The fourth-order valence-electron chi connectivity index (χ4n) is 2.44. The molecular weight excluding hydrogens is 289 g/mol. The van der Waals surface area contributed by atoms with E-state index in [1.54, 1.807) is 13.0 Å². The average molecular weight is 306 g/mol. The Labute approximate surface area is 119 Å². The molecule has 1 saturated heterocycles. The lowest BCUT2D eigenvalue weighted by atomic mass is 10.0. The molecule has 118 valence electrons. The number of carbonyl (C=O) groups is 1. The summed E-state index contributed by atoms with van der Waals surface area (Å²) >= 11 is 0. The van der Waals surface area contributed by atoms with E-state index in [1.807, 2.05) is 0 Å². The molecule has 0 aliphatic carbocycles. The second-order valence-electron chi connectivity index (χ2n) is 5.38. The number of amides is 1. The summed E-state index contributed by atoms with van der Waals surface area (Å²) in [4.78, 5) is 13.0. The Morgan fingerprint density at radius 3 is 2.81 bits per heavy atom. The first-order valence-corrected chi connectivity index (χ1v) is 6.69. The lowest BCUT2D eigenvalue weighted by Crippen LogP contribution is -2.30. The fourth-order valence-corrected chi connectivity index (χ4v) is 2.44. The van der Waals surface area contributed by atoms with Gasteiger partial charge in [0.25, 0.3) is 0 Å². The van der Waals surface area contributed by atoms with Crippen molar-refractivity contribution >= 4 is 5.91 Å². The second-order valence-corrected chi connectivity index (χ2v) is 5.38. The van der Waals surface area contributed by atoms with Crippen molar-refractivity contribution in [1.82, 2.24) is 10.1 Å². The molecule has 1 aliphatic heterocycles. The smallest absolute Gasteiger partial charge is 0.389 e. The third-order valence-electron chi connectivity index (χ3n) is 3.52. The highest BCUT2D eigenvalue weighted by Gasteiger charge is 2.36. The van der Waals surface area contributed by atoms with E-state index in [4.69, 9.17) is 4.52 Å². The van der Waals surface area contributed by atoms with E-state index < -0.39 is 31.0 Å². The second kappa shape index (κ2) is 6.05. The third-order valence-corrected chi connectivity index (χ3v) is 3.52. The number of halogens is 3. The van der Waals surface area contributed by atoms with Crippen LogP contribution in [0.1, 0.15) is 24.3 Å². The van der Waals surface area contributed by atoms with Crippen molar-refractivity contribution in [3.8, 4) is 0 Å². The topological polar surface area (TPSA) is 66.6 Å². The lowest BCUT2D eigenvalue weighted by molar-refractivity contribution is -0.148. The Hall–Kier alpha value is -1.57. The van der Waals surface area contributed by atoms with Gasteiger partial charge in [-0.15, -0.1) is 0 Å². The number of rotatable bonds is 4. The summed E-state index contributed by atoms with van der Waals surface area (Å²) in [6.07, 6.45) is -6.41. The van der Waals surface area contributed by atoms with Crippen LogP contribution in [0.2, 0.25) is 0 Å². The molecule has 1 fully saturated rings. The zero-order chi connectivity index (χ0) is 15.6. The first kappa shape index (κ1) is 15.8. The van der Waals surface area contributed by atoms with Crippen LogP contribution in [-0.2, 0) is 11.2 Å². The van der Waals surface area contributed by atoms with Gasteiger partial charge >= 0.3 is 6.18 Å². The van der Waals surface area contributed by atoms with Gasteiger partial charge in [0.05, 0.1) is 18.2 Å². The maximum absolute atomic E-state index is 12.1. The summed E-state index contributed by atoms with van der Waals surface area (Å²) < 4.78 is 41.4. The van der Waals surface area contributed by atoms with Crippen molar-refractivity contribution in [2.24, 2.45) is 5.92 Å². The number of aryl methyl sites for hydroxylation is 1. The van der Waals surface area contributed by atoms with E-state index in [0.29, 0.717) is 12.2 Å². The van der Waals surface area contributed by atoms with Crippen molar-refractivity contribution in [3.05, 3.63) is 17.5 Å². The molecule has 5 nitrogen and oxygen atoms in total. The molecule has 1 N–H and O–H groups in total. The molecule has 1 amide bonds. The summed E-state index contributed by atoms with van der Waals surface area (Å²) in [5, 5.41) is 13.7. The van der Waals surface area contributed by atoms with Gasteiger partial charge in [0.1, 0.15) is 5.76 Å². The summed E-state index contributed by atoms with van der Waals surface area (Å²) in [7, 11) is 0. The van der Waals surface area contributed by atoms with Crippen LogP contribution in [-0.4, -0.2) is 46.4 Å². The van der Waals surface area contributed by atoms with Crippen molar-refractivity contribution in [2.45, 2.75) is 38.5 Å². The molecule has 0 radical (unpaired) electrons. The van der Waals surface area contributed by atoms with Gasteiger partial charge in [0, 0.05) is 37.9 Å². The number of hydrogen-bond acceptors (Lipinski definition) is 4. The quantitative estimate of drug-likeness (QED) is 0.919. The molecule has 8 heteroatoms. The van der Waals surface area contributed by atoms with Crippen LogP contribution >= 0.6 is 0 Å². The van der Waals surface area contributed by atoms with Crippen LogP contribution < -0.4 is 0 Å². The largest absolute Gasteiger partial charge is 0.391 e. The molecule has 0 spiro atoms. The highest BCUT2D eigenvalue weighted by atomic mass is 19.4. The molecule has 0 unspecified atom stereocenters. The molecular formula is C13H17F3N2O3. The Bertz CT molecular complexity index is 501. The Kier molecular flexibility index (Phi) is 4.55. The minimum atomic E-state index is -4.34. The van der Waals surface area contributed by atoms with Crippen LogP contribution in [0.15, 0.2) is 10.6 Å². The Morgan fingerprint density at radius 1 is 1.52 bits per heavy atom. The molecule has 0 aromatic carbocycles. The predicted molar refractivity (Wildman–Crippen MR) is 66.3 cm³/mol. The molecule has 2 atom stereocenters. The first-order valence-electron chi connectivity index (χ1n) is 6.69. The molecule has 1 aromatic rings. The first-order chi connectivity index (χ1) is 9.74. The van der Waals surface area contributed by atoms with Gasteiger partial charge < -0.3 is 14.5 Å². The number of carbonyl (C=O) groups excluding carboxylic acids is 1. The summed E-state index contributed by atoms with van der Waals surface area (Å²) in [5.41, 5.74) is 0.718. The van der Waals surface area contributed by atoms with E-state index in [0.717, 1.165) is 5.69 Å². The SMILES string of the molecule is Cc1cc(C[C@@H]2CN(C(=O)CCC(F)(F)F)C[C@H]2O)on1. The molecule has 0 bridgehead atoms. The highest BCUT2D eigenvalue weighted by Crippen LogP contribution is 2.25. The fraction of sp³-hybridized carbons (Fsp3) is 0.692. The molecule has 0 saturated carbocycles. The molecule has 2 heterocycles. The Balaban J connectivity index is 1.87. The van der Waals surface area contributed by atoms with E-state index in [-0.39, 0.29) is 19.0 Å². The number of nitrogens with zero attached hydrogens (tertiary/aromatic N) is 2. The number of β-amino-alcohol motifs (C(OH)–C–C–N with tert-alkyl or cyclic N) is 1. The highest BCUT2D eigenvalue weighted by molar-refractivity contribution is 5.76. The van der Waals surface area contributed by atoms with Gasteiger partial charge in [0.15, 0.2) is 0 Å². The van der Waals surface area contributed by atoms with Crippen molar-refractivity contribution in [3.63, 3.8) is 0 Å². The maximum Gasteiger partial charge on any atom is 0.389 e. The number of alkyl halides is 3. The van der Waals surface area contributed by atoms with Crippen LogP contribution in [0.5, 0.6) is 0 Å². The average Bonchev–Trinajstić information content (AvgIpc) is 2.93. The predicted octanol–water partition coefficient (Wildman–Crippen LogP) is 1.69. The number of aromatic nitrogens is 1. The minimum absolute atomic E-state index is 0.0640. The minimum Gasteiger partial charge on any atom is -0.391 e. The lowest BCUT2D eigenvalue weighted by Gasteiger charge is -2.16. The van der Waals surface area contributed by atoms with E-state index in [2.05, 4.69) is 5.16 Å². The van der Waals surface area contributed by atoms with Gasteiger partial charge in [-0.25, -0.2) is 0 Å². The van der Waals surface area contributed by atoms with Crippen LogP contribution in [0, 0.1) is 12.8 Å². The van der Waals surface area contributed by atoms with Crippen LogP contribution in [0.4, 0.5) is 13.2 Å². The number of likely N-dealkylation sites (tertiary alicyclic amines) is 1. The van der Waals surface area contributed by atoms with Gasteiger partial charge in [-0.1, -0.05) is 5.16 Å². The summed E-state index contributed by atoms with van der Waals surface area (Å²) in [5.74, 6) is -0.226. The van der Waals surface area contributed by atoms with E-state index in [1.165, 1.54) is 4.90 Å². The molecule has 1 aromatic heterocycles. The van der Waals surface area contributed by atoms with Crippen LogP contribution in [0.3, 0.4) is 0 Å². The normalized spacial score (nSPS) is 22.8. The molecule has 21 heavy (non-hydrogen) atoms. The number of aliphatic hydroxyl groups is 1. The van der Waals surface area contributed by atoms with Gasteiger partial charge in [0.2, 0.25) is 5.91 Å². The summed E-state index contributed by atoms with van der Waals surface area (Å²) in [6.45, 7) is 2.07. The monoisotopic (exact) mass is 306 g/mol. The number of aliphatic hydroxyl groups excluding tert-OH is 1. The maximum atomic E-state index is 12.1. The van der Waals surface area contributed by atoms with Crippen molar-refractivity contribution in [1.29, 1.82) is 0 Å². The van der Waals surface area contributed by atoms with Gasteiger partial charge in [-0.2, -0.15) is 13.2 Å². The Morgan fingerprint density at radius 2 is 2.24 bits per heavy atom. The number of hydrogen-bond donors (Lipinski definition) is 1. The molecule has 1 aliphatic rings. The van der Waals surface area contributed by atoms with Crippen LogP contribution in [0.25, 0.3) is 0 Å². The summed E-state index contributed by atoms with van der Waals surface area (Å²) in [6, 6.07) is 1.74. The standard InChI is InChI=1S/C13H17F3N2O3/c1-8-4-10(21-17-8)5-9-6-18(7-11(9)19)12(20)2-3-13(14,15)16/h4,9,11,19H,2-3,5-7H2,1H3/t9-,11-/m1/s1. The van der Waals surface area contributed by atoms with Gasteiger partial charge in [-0.05, 0) is 6.92 Å². The van der Waals surface area contributed by atoms with Crippen molar-refractivity contribution < 1.29 is 27.6 Å².